The first kappa shape index (κ1) is 15.9. The van der Waals surface area contributed by atoms with Crippen molar-refractivity contribution in [3.05, 3.63) is 64.7 Å². The van der Waals surface area contributed by atoms with Gasteiger partial charge in [0.1, 0.15) is 11.5 Å². The molecule has 0 aliphatic carbocycles. The van der Waals surface area contributed by atoms with Crippen LogP contribution in [0.3, 0.4) is 0 Å². The van der Waals surface area contributed by atoms with Gasteiger partial charge >= 0.3 is 0 Å². The average Bonchev–Trinajstić information content (AvgIpc) is 2.55. The first-order valence-corrected chi connectivity index (χ1v) is 8.15. The molecule has 0 saturated carbocycles. The van der Waals surface area contributed by atoms with E-state index in [9.17, 15) is 9.18 Å². The third-order valence-electron chi connectivity index (χ3n) is 4.26. The molecule has 0 radical (unpaired) electrons. The lowest BCUT2D eigenvalue weighted by molar-refractivity contribution is 0.0684. The summed E-state index contributed by atoms with van der Waals surface area (Å²) < 4.78 is 13.2. The van der Waals surface area contributed by atoms with Crippen LogP contribution in [0.2, 0.25) is 5.02 Å². The number of nitrogens with zero attached hydrogens (tertiary/aromatic N) is 2. The topological polar surface area (TPSA) is 33.2 Å². The van der Waals surface area contributed by atoms with E-state index < -0.39 is 0 Å². The molecule has 23 heavy (non-hydrogen) atoms. The van der Waals surface area contributed by atoms with Crippen molar-refractivity contribution < 1.29 is 9.18 Å². The summed E-state index contributed by atoms with van der Waals surface area (Å²) in [4.78, 5) is 18.3. The number of rotatable bonds is 3. The fraction of sp³-hybridized carbons (Fsp3) is 0.333. The standard InChI is InChI=1S/C18H18ClFN2O/c19-15-4-7-21-17(12-15)18(23)22-8-5-13(6-9-22)10-14-2-1-3-16(20)11-14/h1-4,7,11-13H,5-6,8-10H2. The van der Waals surface area contributed by atoms with Crippen molar-refractivity contribution in [3.8, 4) is 0 Å². The second kappa shape index (κ2) is 7.09. The molecule has 0 bridgehead atoms. The van der Waals surface area contributed by atoms with Gasteiger partial charge in [0.15, 0.2) is 0 Å². The molecule has 1 aliphatic rings. The molecule has 1 aliphatic heterocycles. The molecule has 3 rings (SSSR count). The van der Waals surface area contributed by atoms with E-state index in [2.05, 4.69) is 4.98 Å². The summed E-state index contributed by atoms with van der Waals surface area (Å²) in [6, 6.07) is 10.0. The zero-order chi connectivity index (χ0) is 16.2. The number of halogens is 2. The zero-order valence-electron chi connectivity index (χ0n) is 12.7. The maximum absolute atomic E-state index is 13.2. The summed E-state index contributed by atoms with van der Waals surface area (Å²) in [7, 11) is 0. The predicted octanol–water partition coefficient (Wildman–Crippen LogP) is 3.97. The molecule has 0 atom stereocenters. The lowest BCUT2D eigenvalue weighted by Crippen LogP contribution is -2.39. The zero-order valence-corrected chi connectivity index (χ0v) is 13.5. The molecule has 2 aromatic rings. The number of carbonyl (C=O) groups is 1. The Balaban J connectivity index is 1.57. The van der Waals surface area contributed by atoms with Crippen LogP contribution in [0.4, 0.5) is 4.39 Å². The SMILES string of the molecule is O=C(c1cc(Cl)ccn1)N1CCC(Cc2cccc(F)c2)CC1. The van der Waals surface area contributed by atoms with Crippen molar-refractivity contribution in [2.75, 3.05) is 13.1 Å². The van der Waals surface area contributed by atoms with Crippen LogP contribution >= 0.6 is 11.6 Å². The molecule has 0 N–H and O–H groups in total. The van der Waals surface area contributed by atoms with Crippen molar-refractivity contribution in [1.29, 1.82) is 0 Å². The van der Waals surface area contributed by atoms with E-state index in [0.717, 1.165) is 24.8 Å². The Morgan fingerprint density at radius 3 is 2.74 bits per heavy atom. The summed E-state index contributed by atoms with van der Waals surface area (Å²) in [6.45, 7) is 1.40. The Bertz CT molecular complexity index is 699. The van der Waals surface area contributed by atoms with Crippen LogP contribution in [0.5, 0.6) is 0 Å². The molecule has 3 nitrogen and oxygen atoms in total. The summed E-state index contributed by atoms with van der Waals surface area (Å²) >= 11 is 5.91. The monoisotopic (exact) mass is 332 g/mol. The predicted molar refractivity (Wildman–Crippen MR) is 88.0 cm³/mol. The van der Waals surface area contributed by atoms with Crippen LogP contribution < -0.4 is 0 Å². The number of amides is 1. The average molecular weight is 333 g/mol. The van der Waals surface area contributed by atoms with E-state index >= 15 is 0 Å². The first-order valence-electron chi connectivity index (χ1n) is 7.77. The van der Waals surface area contributed by atoms with E-state index in [1.165, 1.54) is 6.07 Å². The molecule has 0 unspecified atom stereocenters. The molecule has 1 aromatic carbocycles. The van der Waals surface area contributed by atoms with Gasteiger partial charge < -0.3 is 4.90 Å². The number of carbonyl (C=O) groups excluding carboxylic acids is 1. The number of piperidine rings is 1. The molecule has 0 spiro atoms. The number of hydrogen-bond donors (Lipinski definition) is 0. The highest BCUT2D eigenvalue weighted by molar-refractivity contribution is 6.30. The van der Waals surface area contributed by atoms with Crippen LogP contribution in [-0.4, -0.2) is 28.9 Å². The minimum Gasteiger partial charge on any atom is -0.337 e. The van der Waals surface area contributed by atoms with E-state index in [1.807, 2.05) is 11.0 Å². The van der Waals surface area contributed by atoms with Crippen LogP contribution in [0, 0.1) is 11.7 Å². The largest absolute Gasteiger partial charge is 0.337 e. The minimum atomic E-state index is -0.192. The third-order valence-corrected chi connectivity index (χ3v) is 4.49. The van der Waals surface area contributed by atoms with Crippen LogP contribution in [-0.2, 0) is 6.42 Å². The van der Waals surface area contributed by atoms with Crippen molar-refractivity contribution in [2.45, 2.75) is 19.3 Å². The number of likely N-dealkylation sites (tertiary alicyclic amines) is 1. The Morgan fingerprint density at radius 2 is 2.04 bits per heavy atom. The number of aromatic nitrogens is 1. The second-order valence-corrected chi connectivity index (χ2v) is 6.37. The van der Waals surface area contributed by atoms with Gasteiger partial charge in [0, 0.05) is 24.3 Å². The number of pyridine rings is 1. The fourth-order valence-electron chi connectivity index (χ4n) is 3.02. The van der Waals surface area contributed by atoms with Crippen LogP contribution in [0.25, 0.3) is 0 Å². The van der Waals surface area contributed by atoms with Crippen LogP contribution in [0.15, 0.2) is 42.6 Å². The number of hydrogen-bond acceptors (Lipinski definition) is 2. The van der Waals surface area contributed by atoms with Gasteiger partial charge in [0.05, 0.1) is 0 Å². The quantitative estimate of drug-likeness (QED) is 0.852. The van der Waals surface area contributed by atoms with Gasteiger partial charge in [0.2, 0.25) is 0 Å². The molecule has 1 aromatic heterocycles. The molecule has 1 fully saturated rings. The lowest BCUT2D eigenvalue weighted by atomic mass is 9.90. The molecular weight excluding hydrogens is 315 g/mol. The van der Waals surface area contributed by atoms with Crippen LogP contribution in [0.1, 0.15) is 28.9 Å². The Morgan fingerprint density at radius 1 is 1.26 bits per heavy atom. The maximum atomic E-state index is 13.2. The van der Waals surface area contributed by atoms with E-state index in [4.69, 9.17) is 11.6 Å². The van der Waals surface area contributed by atoms with Crippen molar-refractivity contribution in [3.63, 3.8) is 0 Å². The van der Waals surface area contributed by atoms with Crippen molar-refractivity contribution in [1.82, 2.24) is 9.88 Å². The minimum absolute atomic E-state index is 0.0725. The van der Waals surface area contributed by atoms with Gasteiger partial charge in [-0.3, -0.25) is 9.78 Å². The van der Waals surface area contributed by atoms with E-state index in [0.29, 0.717) is 29.7 Å². The highest BCUT2D eigenvalue weighted by atomic mass is 35.5. The van der Waals surface area contributed by atoms with Crippen molar-refractivity contribution >= 4 is 17.5 Å². The van der Waals surface area contributed by atoms with Gasteiger partial charge in [-0.05, 0) is 55.0 Å². The molecule has 2 heterocycles. The third kappa shape index (κ3) is 4.08. The summed E-state index contributed by atoms with van der Waals surface area (Å²) in [5.74, 6) is 0.215. The van der Waals surface area contributed by atoms with Crippen molar-refractivity contribution in [2.24, 2.45) is 5.92 Å². The summed E-state index contributed by atoms with van der Waals surface area (Å²) in [6.07, 6.45) is 4.24. The Labute approximate surface area is 140 Å². The smallest absolute Gasteiger partial charge is 0.272 e. The Kier molecular flexibility index (Phi) is 4.91. The molecule has 120 valence electrons. The highest BCUT2D eigenvalue weighted by Crippen LogP contribution is 2.23. The van der Waals surface area contributed by atoms with Gasteiger partial charge in [-0.15, -0.1) is 0 Å². The van der Waals surface area contributed by atoms with E-state index in [1.54, 1.807) is 30.5 Å². The molecular formula is C18H18ClFN2O. The lowest BCUT2D eigenvalue weighted by Gasteiger charge is -2.32. The fourth-order valence-corrected chi connectivity index (χ4v) is 3.18. The van der Waals surface area contributed by atoms with E-state index in [-0.39, 0.29) is 11.7 Å². The highest BCUT2D eigenvalue weighted by Gasteiger charge is 2.24. The van der Waals surface area contributed by atoms with Gasteiger partial charge in [-0.25, -0.2) is 4.39 Å². The molecule has 1 saturated heterocycles. The summed E-state index contributed by atoms with van der Waals surface area (Å²) in [5.41, 5.74) is 1.41. The number of benzene rings is 1. The normalized spacial score (nSPS) is 15.7. The summed E-state index contributed by atoms with van der Waals surface area (Å²) in [5, 5.41) is 0.518. The first-order chi connectivity index (χ1) is 11.1. The molecule has 1 amide bonds. The maximum Gasteiger partial charge on any atom is 0.272 e. The van der Waals surface area contributed by atoms with Gasteiger partial charge in [0.25, 0.3) is 5.91 Å². The second-order valence-electron chi connectivity index (χ2n) is 5.93. The van der Waals surface area contributed by atoms with Gasteiger partial charge in [-0.1, -0.05) is 23.7 Å². The van der Waals surface area contributed by atoms with Gasteiger partial charge in [-0.2, -0.15) is 0 Å². The molecule has 5 heteroatoms. The Hall–Kier alpha value is -1.94.